The maximum Gasteiger partial charge on any atom is 0.303 e. The summed E-state index contributed by atoms with van der Waals surface area (Å²) in [6.07, 6.45) is 9.96. The number of amides is 2. The molecule has 0 bridgehead atoms. The summed E-state index contributed by atoms with van der Waals surface area (Å²) in [4.78, 5) is 33.8. The smallest absolute Gasteiger partial charge is 0.303 e. The number of unbranched alkanes of at least 4 members (excludes halogenated alkanes) is 7. The summed E-state index contributed by atoms with van der Waals surface area (Å²) in [6, 6.07) is 0. The van der Waals surface area contributed by atoms with Crippen molar-refractivity contribution in [2.75, 3.05) is 40.0 Å². The quantitative estimate of drug-likeness (QED) is 0.248. The van der Waals surface area contributed by atoms with Crippen molar-refractivity contribution in [2.45, 2.75) is 77.0 Å². The third-order valence-corrected chi connectivity index (χ3v) is 4.45. The Morgan fingerprint density at radius 1 is 0.655 bits per heavy atom. The highest BCUT2D eigenvalue weighted by Gasteiger charge is 2.03. The number of aliphatic carboxylic acids is 1. The van der Waals surface area contributed by atoms with Gasteiger partial charge in [-0.25, -0.2) is 0 Å². The highest BCUT2D eigenvalue weighted by atomic mass is 16.5. The largest absolute Gasteiger partial charge is 0.481 e. The fraction of sp³-hybridized carbons (Fsp3) is 0.857. The van der Waals surface area contributed by atoms with Crippen LogP contribution in [0, 0.1) is 0 Å². The molecule has 8 nitrogen and oxygen atoms in total. The Morgan fingerprint density at radius 3 is 1.76 bits per heavy atom. The highest BCUT2D eigenvalue weighted by Crippen LogP contribution is 2.10. The SMILES string of the molecule is COCCOCCNC(=O)CCCNC(=O)CCCCCCCCCCC(=O)O. The Morgan fingerprint density at radius 2 is 1.17 bits per heavy atom. The molecule has 0 saturated carbocycles. The van der Waals surface area contributed by atoms with Gasteiger partial charge in [0.15, 0.2) is 0 Å². The van der Waals surface area contributed by atoms with Crippen LogP contribution in [0.25, 0.3) is 0 Å². The van der Waals surface area contributed by atoms with Crippen molar-refractivity contribution in [2.24, 2.45) is 0 Å². The molecule has 3 N–H and O–H groups in total. The lowest BCUT2D eigenvalue weighted by Gasteiger charge is -2.07. The Balaban J connectivity index is 3.31. The molecule has 0 aromatic carbocycles. The molecular weight excluding hydrogens is 376 g/mol. The third kappa shape index (κ3) is 22.5. The lowest BCUT2D eigenvalue weighted by atomic mass is 10.1. The van der Waals surface area contributed by atoms with Gasteiger partial charge in [0.25, 0.3) is 0 Å². The van der Waals surface area contributed by atoms with Crippen LogP contribution in [0.3, 0.4) is 0 Å². The van der Waals surface area contributed by atoms with Gasteiger partial charge in [-0.05, 0) is 19.3 Å². The number of hydrogen-bond acceptors (Lipinski definition) is 5. The summed E-state index contributed by atoms with van der Waals surface area (Å²) in [5, 5.41) is 14.2. The van der Waals surface area contributed by atoms with Gasteiger partial charge < -0.3 is 25.2 Å². The maximum atomic E-state index is 11.8. The molecule has 0 radical (unpaired) electrons. The van der Waals surface area contributed by atoms with E-state index in [1.54, 1.807) is 7.11 Å². The number of carbonyl (C=O) groups excluding carboxylic acids is 2. The zero-order chi connectivity index (χ0) is 21.6. The van der Waals surface area contributed by atoms with Gasteiger partial charge in [-0.1, -0.05) is 38.5 Å². The molecule has 0 atom stereocenters. The van der Waals surface area contributed by atoms with E-state index in [-0.39, 0.29) is 18.2 Å². The molecule has 0 fully saturated rings. The summed E-state index contributed by atoms with van der Waals surface area (Å²) in [5.41, 5.74) is 0. The first kappa shape index (κ1) is 27.3. The fourth-order valence-electron chi connectivity index (χ4n) is 2.78. The molecule has 0 aliphatic heterocycles. The molecule has 8 heteroatoms. The first-order valence-electron chi connectivity index (χ1n) is 10.9. The fourth-order valence-corrected chi connectivity index (χ4v) is 2.78. The second kappa shape index (κ2) is 21.0. The topological polar surface area (TPSA) is 114 Å². The van der Waals surface area contributed by atoms with E-state index < -0.39 is 5.97 Å². The van der Waals surface area contributed by atoms with E-state index in [4.69, 9.17) is 14.6 Å². The van der Waals surface area contributed by atoms with Crippen molar-refractivity contribution in [3.05, 3.63) is 0 Å². The van der Waals surface area contributed by atoms with Gasteiger partial charge in [-0.2, -0.15) is 0 Å². The van der Waals surface area contributed by atoms with Crippen molar-refractivity contribution >= 4 is 17.8 Å². The van der Waals surface area contributed by atoms with Crippen LogP contribution >= 0.6 is 0 Å². The molecule has 0 rings (SSSR count). The van der Waals surface area contributed by atoms with Crippen LogP contribution in [0.5, 0.6) is 0 Å². The minimum atomic E-state index is -0.717. The second-order valence-electron chi connectivity index (χ2n) is 7.13. The van der Waals surface area contributed by atoms with Crippen LogP contribution in [0.4, 0.5) is 0 Å². The van der Waals surface area contributed by atoms with Crippen molar-refractivity contribution in [3.63, 3.8) is 0 Å². The molecule has 0 aliphatic rings. The van der Waals surface area contributed by atoms with Gasteiger partial charge in [0.2, 0.25) is 11.8 Å². The number of nitrogens with one attached hydrogen (secondary N) is 2. The van der Waals surface area contributed by atoms with E-state index in [1.165, 1.54) is 0 Å². The number of carboxylic acid groups (broad SMARTS) is 1. The van der Waals surface area contributed by atoms with Crippen molar-refractivity contribution in [1.82, 2.24) is 10.6 Å². The predicted molar refractivity (Wildman–Crippen MR) is 112 cm³/mol. The zero-order valence-corrected chi connectivity index (χ0v) is 18.0. The minimum absolute atomic E-state index is 0.0300. The predicted octanol–water partition coefficient (Wildman–Crippen LogP) is 2.65. The summed E-state index contributed by atoms with van der Waals surface area (Å²) < 4.78 is 10.1. The zero-order valence-electron chi connectivity index (χ0n) is 18.0. The molecule has 0 heterocycles. The average molecular weight is 417 g/mol. The van der Waals surface area contributed by atoms with E-state index in [1.807, 2.05) is 0 Å². The molecule has 2 amide bonds. The van der Waals surface area contributed by atoms with Gasteiger partial charge in [0.05, 0.1) is 19.8 Å². The first-order chi connectivity index (χ1) is 14.1. The Kier molecular flexibility index (Phi) is 19.8. The van der Waals surface area contributed by atoms with Crippen molar-refractivity contribution in [1.29, 1.82) is 0 Å². The molecule has 0 unspecified atom stereocenters. The minimum Gasteiger partial charge on any atom is -0.481 e. The molecule has 170 valence electrons. The third-order valence-electron chi connectivity index (χ3n) is 4.45. The van der Waals surface area contributed by atoms with Crippen LogP contribution in [0.2, 0.25) is 0 Å². The highest BCUT2D eigenvalue weighted by molar-refractivity contribution is 5.77. The monoisotopic (exact) mass is 416 g/mol. The number of ether oxygens (including phenoxy) is 2. The van der Waals surface area contributed by atoms with Gasteiger partial charge in [-0.3, -0.25) is 14.4 Å². The van der Waals surface area contributed by atoms with Crippen LogP contribution < -0.4 is 10.6 Å². The lowest BCUT2D eigenvalue weighted by molar-refractivity contribution is -0.137. The molecule has 0 saturated heterocycles. The second-order valence-corrected chi connectivity index (χ2v) is 7.13. The average Bonchev–Trinajstić information content (AvgIpc) is 2.69. The van der Waals surface area contributed by atoms with Gasteiger partial charge in [-0.15, -0.1) is 0 Å². The van der Waals surface area contributed by atoms with Gasteiger partial charge in [0.1, 0.15) is 0 Å². The molecule has 0 spiro atoms. The molecule has 0 aromatic rings. The summed E-state index contributed by atoms with van der Waals surface area (Å²) in [6.45, 7) is 2.54. The van der Waals surface area contributed by atoms with Crippen LogP contribution in [-0.4, -0.2) is 62.9 Å². The summed E-state index contributed by atoms with van der Waals surface area (Å²) in [5.74, 6) is -0.700. The number of carbonyl (C=O) groups is 3. The van der Waals surface area contributed by atoms with Crippen molar-refractivity contribution < 1.29 is 29.0 Å². The Hall–Kier alpha value is -1.67. The van der Waals surface area contributed by atoms with Crippen LogP contribution in [-0.2, 0) is 23.9 Å². The van der Waals surface area contributed by atoms with E-state index in [9.17, 15) is 14.4 Å². The standard InChI is InChI=1S/C21H40N2O6/c1-28-17-18-29-16-15-23-20(25)12-10-14-22-19(24)11-8-6-4-2-3-5-7-9-13-21(26)27/h2-18H2,1H3,(H,22,24)(H,23,25)(H,26,27). The molecule has 0 aliphatic carbocycles. The van der Waals surface area contributed by atoms with Crippen molar-refractivity contribution in [3.8, 4) is 0 Å². The van der Waals surface area contributed by atoms with Crippen LogP contribution in [0.1, 0.15) is 77.0 Å². The molecule has 0 aromatic heterocycles. The van der Waals surface area contributed by atoms with Crippen LogP contribution in [0.15, 0.2) is 0 Å². The van der Waals surface area contributed by atoms with Gasteiger partial charge >= 0.3 is 5.97 Å². The summed E-state index contributed by atoms with van der Waals surface area (Å²) in [7, 11) is 1.61. The molecule has 29 heavy (non-hydrogen) atoms. The Labute approximate surface area is 175 Å². The van der Waals surface area contributed by atoms with E-state index in [0.717, 1.165) is 51.4 Å². The number of methoxy groups -OCH3 is 1. The lowest BCUT2D eigenvalue weighted by Crippen LogP contribution is -2.29. The Bertz CT molecular complexity index is 431. The number of rotatable bonds is 21. The van der Waals surface area contributed by atoms with E-state index in [0.29, 0.717) is 52.2 Å². The number of hydrogen-bond donors (Lipinski definition) is 3. The maximum absolute atomic E-state index is 11.8. The van der Waals surface area contributed by atoms with E-state index >= 15 is 0 Å². The van der Waals surface area contributed by atoms with E-state index in [2.05, 4.69) is 10.6 Å². The first-order valence-corrected chi connectivity index (χ1v) is 10.9. The molecular formula is C21H40N2O6. The number of carboxylic acids is 1. The summed E-state index contributed by atoms with van der Waals surface area (Å²) >= 11 is 0. The van der Waals surface area contributed by atoms with Gasteiger partial charge in [0, 0.05) is 39.5 Å². The normalized spacial score (nSPS) is 10.7.